The van der Waals surface area contributed by atoms with Crippen molar-refractivity contribution in [2.75, 3.05) is 0 Å². The minimum absolute atomic E-state index is 0.939. The fraction of sp³-hybridized carbons (Fsp3) is 0.643. The average Bonchev–Trinajstić information content (AvgIpc) is 2.54. The molecule has 0 saturated carbocycles. The third kappa shape index (κ3) is 1.67. The van der Waals surface area contributed by atoms with E-state index in [1.54, 1.807) is 11.1 Å². The Morgan fingerprint density at radius 3 is 2.21 bits per heavy atom. The predicted molar refractivity (Wildman–Crippen MR) is 61.9 cm³/mol. The van der Waals surface area contributed by atoms with Gasteiger partial charge in [-0.05, 0) is 37.2 Å². The summed E-state index contributed by atoms with van der Waals surface area (Å²) in [6.45, 7) is 6.91. The molecule has 14 heavy (non-hydrogen) atoms. The molecule has 77 valence electrons. The molecule has 0 bridgehead atoms. The summed E-state index contributed by atoms with van der Waals surface area (Å²) in [6, 6.07) is 0. The highest BCUT2D eigenvalue weighted by Crippen LogP contribution is 2.43. The van der Waals surface area contributed by atoms with Crippen molar-refractivity contribution in [2.24, 2.45) is 11.8 Å². The van der Waals surface area contributed by atoms with Crippen LogP contribution >= 0.6 is 0 Å². The third-order valence-corrected chi connectivity index (χ3v) is 3.90. The maximum atomic E-state index is 2.39. The number of rotatable bonds is 2. The maximum Gasteiger partial charge on any atom is 0.0116 e. The van der Waals surface area contributed by atoms with Crippen LogP contribution in [0.1, 0.15) is 46.5 Å². The molecule has 0 saturated heterocycles. The van der Waals surface area contributed by atoms with E-state index < -0.39 is 0 Å². The van der Waals surface area contributed by atoms with Crippen LogP contribution in [0.5, 0.6) is 0 Å². The van der Waals surface area contributed by atoms with Crippen molar-refractivity contribution < 1.29 is 0 Å². The lowest BCUT2D eigenvalue weighted by Gasteiger charge is -2.31. The topological polar surface area (TPSA) is 0 Å². The zero-order valence-corrected chi connectivity index (χ0v) is 9.64. The minimum Gasteiger partial charge on any atom is -0.0651 e. The molecule has 0 N–H and O–H groups in total. The Morgan fingerprint density at radius 2 is 1.64 bits per heavy atom. The lowest BCUT2D eigenvalue weighted by Crippen LogP contribution is -2.19. The highest BCUT2D eigenvalue weighted by atomic mass is 14.3. The van der Waals surface area contributed by atoms with Crippen LogP contribution in [0.4, 0.5) is 0 Å². The van der Waals surface area contributed by atoms with Crippen LogP contribution < -0.4 is 0 Å². The van der Waals surface area contributed by atoms with Crippen molar-refractivity contribution in [3.8, 4) is 0 Å². The van der Waals surface area contributed by atoms with Crippen LogP contribution in [-0.2, 0) is 0 Å². The summed E-state index contributed by atoms with van der Waals surface area (Å²) in [5.74, 6) is 1.88. The van der Waals surface area contributed by atoms with Gasteiger partial charge >= 0.3 is 0 Å². The van der Waals surface area contributed by atoms with Crippen LogP contribution in [0.15, 0.2) is 22.8 Å². The van der Waals surface area contributed by atoms with E-state index in [1.165, 1.54) is 31.3 Å². The van der Waals surface area contributed by atoms with Crippen molar-refractivity contribution in [1.82, 2.24) is 0 Å². The van der Waals surface area contributed by atoms with Crippen LogP contribution in [0.3, 0.4) is 0 Å². The van der Waals surface area contributed by atoms with Gasteiger partial charge in [-0.3, -0.25) is 0 Å². The van der Waals surface area contributed by atoms with Gasteiger partial charge in [0.25, 0.3) is 0 Å². The molecule has 0 fully saturated rings. The zero-order chi connectivity index (χ0) is 10.1. The fourth-order valence-corrected chi connectivity index (χ4v) is 3.01. The van der Waals surface area contributed by atoms with Gasteiger partial charge in [-0.1, -0.05) is 43.9 Å². The smallest absolute Gasteiger partial charge is 0.0116 e. The molecule has 2 atom stereocenters. The van der Waals surface area contributed by atoms with E-state index in [2.05, 4.69) is 33.3 Å². The second kappa shape index (κ2) is 3.92. The number of allylic oxidation sites excluding steroid dienone is 4. The second-order valence-electron chi connectivity index (χ2n) is 4.83. The highest BCUT2D eigenvalue weighted by molar-refractivity contribution is 5.48. The molecule has 2 aliphatic rings. The summed E-state index contributed by atoms with van der Waals surface area (Å²) in [4.78, 5) is 0. The first-order chi connectivity index (χ1) is 6.74. The SMILES string of the molecule is CCC1CC2=C(C=C(C)[CH]2)CC1CC. The normalized spacial score (nSPS) is 31.8. The summed E-state index contributed by atoms with van der Waals surface area (Å²) in [7, 11) is 0. The van der Waals surface area contributed by atoms with Crippen molar-refractivity contribution in [1.29, 1.82) is 0 Å². The van der Waals surface area contributed by atoms with Crippen molar-refractivity contribution in [3.05, 3.63) is 29.2 Å². The molecule has 0 aliphatic heterocycles. The summed E-state index contributed by atoms with van der Waals surface area (Å²) >= 11 is 0. The highest BCUT2D eigenvalue weighted by Gasteiger charge is 2.29. The molecule has 0 nitrogen and oxygen atoms in total. The van der Waals surface area contributed by atoms with Crippen molar-refractivity contribution in [2.45, 2.75) is 46.5 Å². The molecule has 0 heterocycles. The molecule has 0 spiro atoms. The molecule has 0 amide bonds. The molecular weight excluding hydrogens is 168 g/mol. The average molecular weight is 189 g/mol. The van der Waals surface area contributed by atoms with E-state index in [1.807, 2.05) is 0 Å². The molecule has 0 heteroatoms. The van der Waals surface area contributed by atoms with E-state index in [-0.39, 0.29) is 0 Å². The molecule has 0 aromatic heterocycles. The number of hydrogen-bond acceptors (Lipinski definition) is 0. The fourth-order valence-electron chi connectivity index (χ4n) is 3.01. The monoisotopic (exact) mass is 189 g/mol. The van der Waals surface area contributed by atoms with E-state index in [0.717, 1.165) is 11.8 Å². The van der Waals surface area contributed by atoms with Gasteiger partial charge < -0.3 is 0 Å². The summed E-state index contributed by atoms with van der Waals surface area (Å²) < 4.78 is 0. The third-order valence-electron chi connectivity index (χ3n) is 3.90. The Balaban J connectivity index is 2.14. The maximum absolute atomic E-state index is 2.39. The molecule has 0 aromatic rings. The van der Waals surface area contributed by atoms with Gasteiger partial charge in [-0.25, -0.2) is 0 Å². The van der Waals surface area contributed by atoms with Gasteiger partial charge in [0, 0.05) is 6.42 Å². The second-order valence-corrected chi connectivity index (χ2v) is 4.83. The Kier molecular flexibility index (Phi) is 2.80. The summed E-state index contributed by atoms with van der Waals surface area (Å²) in [5, 5.41) is 0. The van der Waals surface area contributed by atoms with Crippen LogP contribution in [0, 0.1) is 18.3 Å². The largest absolute Gasteiger partial charge is 0.0651 e. The summed E-state index contributed by atoms with van der Waals surface area (Å²) in [5.41, 5.74) is 4.74. The lowest BCUT2D eigenvalue weighted by atomic mass is 9.74. The van der Waals surface area contributed by atoms with E-state index >= 15 is 0 Å². The van der Waals surface area contributed by atoms with Gasteiger partial charge in [0.2, 0.25) is 0 Å². The molecule has 1 radical (unpaired) electrons. The van der Waals surface area contributed by atoms with Gasteiger partial charge in [0.15, 0.2) is 0 Å². The van der Waals surface area contributed by atoms with Crippen molar-refractivity contribution in [3.63, 3.8) is 0 Å². The zero-order valence-electron chi connectivity index (χ0n) is 9.64. The van der Waals surface area contributed by atoms with E-state index in [4.69, 9.17) is 0 Å². The minimum atomic E-state index is 0.939. The first-order valence-corrected chi connectivity index (χ1v) is 5.99. The van der Waals surface area contributed by atoms with Crippen LogP contribution in [0.25, 0.3) is 0 Å². The summed E-state index contributed by atoms with van der Waals surface area (Å²) in [6.07, 6.45) is 10.1. The molecule has 2 rings (SSSR count). The Bertz CT molecular complexity index is 280. The van der Waals surface area contributed by atoms with Gasteiger partial charge in [-0.15, -0.1) is 0 Å². The number of hydrogen-bond donors (Lipinski definition) is 0. The molecule has 2 aliphatic carbocycles. The Labute approximate surface area is 88.1 Å². The predicted octanol–water partition coefficient (Wildman–Crippen LogP) is 4.29. The first-order valence-electron chi connectivity index (χ1n) is 5.99. The lowest BCUT2D eigenvalue weighted by molar-refractivity contribution is 0.294. The Morgan fingerprint density at radius 1 is 1.07 bits per heavy atom. The van der Waals surface area contributed by atoms with Gasteiger partial charge in [0.1, 0.15) is 0 Å². The van der Waals surface area contributed by atoms with Gasteiger partial charge in [0.05, 0.1) is 0 Å². The first kappa shape index (κ1) is 10.0. The van der Waals surface area contributed by atoms with Crippen molar-refractivity contribution >= 4 is 0 Å². The molecular formula is C14H21. The van der Waals surface area contributed by atoms with Gasteiger partial charge in [-0.2, -0.15) is 0 Å². The van der Waals surface area contributed by atoms with Crippen LogP contribution in [-0.4, -0.2) is 0 Å². The Hall–Kier alpha value is -0.520. The van der Waals surface area contributed by atoms with Crippen LogP contribution in [0.2, 0.25) is 0 Å². The van der Waals surface area contributed by atoms with E-state index in [0.29, 0.717) is 0 Å². The molecule has 0 aromatic carbocycles. The standard InChI is InChI=1S/C14H21/c1-4-11-8-13-6-10(3)7-14(13)9-12(11)5-2/h6-7,11-12H,4-5,8-9H2,1-3H3. The quantitative estimate of drug-likeness (QED) is 0.607. The molecule has 2 unspecified atom stereocenters. The van der Waals surface area contributed by atoms with E-state index in [9.17, 15) is 0 Å².